The Morgan fingerprint density at radius 2 is 1.83 bits per heavy atom. The zero-order chi connectivity index (χ0) is 20.1. The van der Waals surface area contributed by atoms with E-state index in [1.807, 2.05) is 23.8 Å². The van der Waals surface area contributed by atoms with Crippen LogP contribution in [0.15, 0.2) is 41.3 Å². The SMILES string of the molecule is Cc1nn2c(nnc3c(=O)n(C4CCCCC4C)ccc32)c1-c1ccc(F)cc1. The van der Waals surface area contributed by atoms with Gasteiger partial charge in [-0.2, -0.15) is 5.10 Å². The summed E-state index contributed by atoms with van der Waals surface area (Å²) < 4.78 is 16.8. The van der Waals surface area contributed by atoms with Crippen LogP contribution < -0.4 is 5.56 Å². The molecule has 1 fully saturated rings. The molecule has 2 atom stereocenters. The van der Waals surface area contributed by atoms with Gasteiger partial charge in [0.1, 0.15) is 11.3 Å². The van der Waals surface area contributed by atoms with Gasteiger partial charge in [0.05, 0.1) is 11.3 Å². The minimum absolute atomic E-state index is 0.118. The Labute approximate surface area is 167 Å². The van der Waals surface area contributed by atoms with Crippen molar-refractivity contribution in [1.82, 2.24) is 24.4 Å². The van der Waals surface area contributed by atoms with Crippen LogP contribution in [0.5, 0.6) is 0 Å². The maximum atomic E-state index is 13.3. The molecule has 5 rings (SSSR count). The monoisotopic (exact) mass is 391 g/mol. The average Bonchev–Trinajstić information content (AvgIpc) is 3.06. The first kappa shape index (κ1) is 18.0. The molecule has 0 N–H and O–H groups in total. The summed E-state index contributed by atoms with van der Waals surface area (Å²) in [5.74, 6) is 0.171. The molecule has 1 aromatic carbocycles. The number of aromatic nitrogens is 5. The Hall–Kier alpha value is -3.09. The summed E-state index contributed by atoms with van der Waals surface area (Å²) in [5, 5.41) is 13.2. The molecule has 2 unspecified atom stereocenters. The third-order valence-electron chi connectivity index (χ3n) is 6.14. The Morgan fingerprint density at radius 3 is 2.59 bits per heavy atom. The van der Waals surface area contributed by atoms with Crippen LogP contribution in [0.2, 0.25) is 0 Å². The fourth-order valence-corrected chi connectivity index (χ4v) is 4.59. The normalized spacial score (nSPS) is 19.8. The highest BCUT2D eigenvalue weighted by Gasteiger charge is 2.25. The zero-order valence-electron chi connectivity index (χ0n) is 16.5. The quantitative estimate of drug-likeness (QED) is 0.511. The average molecular weight is 391 g/mol. The van der Waals surface area contributed by atoms with Gasteiger partial charge >= 0.3 is 0 Å². The van der Waals surface area contributed by atoms with Crippen molar-refractivity contribution in [2.75, 3.05) is 0 Å². The van der Waals surface area contributed by atoms with Gasteiger partial charge in [0, 0.05) is 12.2 Å². The predicted octanol–water partition coefficient (Wildman–Crippen LogP) is 4.30. The second-order valence-corrected chi connectivity index (χ2v) is 7.99. The Morgan fingerprint density at radius 1 is 1.07 bits per heavy atom. The topological polar surface area (TPSA) is 65.1 Å². The van der Waals surface area contributed by atoms with Gasteiger partial charge in [-0.05, 0) is 49.4 Å². The van der Waals surface area contributed by atoms with Crippen molar-refractivity contribution in [1.29, 1.82) is 0 Å². The fraction of sp³-hybridized carbons (Fsp3) is 0.364. The molecule has 0 bridgehead atoms. The molecule has 6 nitrogen and oxygen atoms in total. The van der Waals surface area contributed by atoms with Crippen molar-refractivity contribution >= 4 is 16.7 Å². The van der Waals surface area contributed by atoms with E-state index in [-0.39, 0.29) is 17.4 Å². The molecule has 0 saturated heterocycles. The fourth-order valence-electron chi connectivity index (χ4n) is 4.59. The molecule has 0 spiro atoms. The summed E-state index contributed by atoms with van der Waals surface area (Å²) in [6.07, 6.45) is 6.38. The van der Waals surface area contributed by atoms with Gasteiger partial charge in [0.2, 0.25) is 0 Å². The number of nitrogens with zero attached hydrogens (tertiary/aromatic N) is 5. The maximum Gasteiger partial charge on any atom is 0.280 e. The van der Waals surface area contributed by atoms with Crippen LogP contribution in [0.3, 0.4) is 0 Å². The van der Waals surface area contributed by atoms with Crippen LogP contribution in [0.1, 0.15) is 44.3 Å². The third-order valence-corrected chi connectivity index (χ3v) is 6.14. The Kier molecular flexibility index (Phi) is 4.19. The molecule has 7 heteroatoms. The number of rotatable bonds is 2. The number of hydrogen-bond donors (Lipinski definition) is 0. The molecule has 29 heavy (non-hydrogen) atoms. The van der Waals surface area contributed by atoms with Crippen LogP contribution in [0.25, 0.3) is 27.8 Å². The number of aryl methyl sites for hydroxylation is 1. The number of hydrogen-bond acceptors (Lipinski definition) is 4. The van der Waals surface area contributed by atoms with Crippen LogP contribution in [0, 0.1) is 18.7 Å². The molecule has 148 valence electrons. The molecule has 0 amide bonds. The smallest absolute Gasteiger partial charge is 0.280 e. The number of halogens is 1. The molecule has 3 aromatic heterocycles. The van der Waals surface area contributed by atoms with Crippen molar-refractivity contribution in [3.8, 4) is 11.1 Å². The molecule has 3 heterocycles. The van der Waals surface area contributed by atoms with E-state index in [2.05, 4.69) is 22.2 Å². The highest BCUT2D eigenvalue weighted by molar-refractivity contribution is 5.84. The third kappa shape index (κ3) is 2.84. The zero-order valence-corrected chi connectivity index (χ0v) is 16.5. The first-order valence-corrected chi connectivity index (χ1v) is 10.1. The van der Waals surface area contributed by atoms with Crippen molar-refractivity contribution in [3.63, 3.8) is 0 Å². The second kappa shape index (κ2) is 6.76. The van der Waals surface area contributed by atoms with Crippen LogP contribution in [0.4, 0.5) is 4.39 Å². The first-order chi connectivity index (χ1) is 14.0. The minimum Gasteiger partial charge on any atom is -0.310 e. The van der Waals surface area contributed by atoms with Crippen molar-refractivity contribution in [2.24, 2.45) is 5.92 Å². The summed E-state index contributed by atoms with van der Waals surface area (Å²) in [4.78, 5) is 13.2. The van der Waals surface area contributed by atoms with Crippen molar-refractivity contribution < 1.29 is 4.39 Å². The molecule has 0 radical (unpaired) electrons. The molecular formula is C22H22FN5O. The van der Waals surface area contributed by atoms with Gasteiger partial charge < -0.3 is 4.57 Å². The van der Waals surface area contributed by atoms with Gasteiger partial charge in [-0.3, -0.25) is 4.79 Å². The van der Waals surface area contributed by atoms with Gasteiger partial charge in [0.15, 0.2) is 11.2 Å². The van der Waals surface area contributed by atoms with E-state index in [1.54, 1.807) is 16.6 Å². The minimum atomic E-state index is -0.295. The van der Waals surface area contributed by atoms with E-state index in [0.29, 0.717) is 22.6 Å². The van der Waals surface area contributed by atoms with E-state index in [0.717, 1.165) is 36.1 Å². The maximum absolute atomic E-state index is 13.3. The van der Waals surface area contributed by atoms with Gasteiger partial charge in [0.25, 0.3) is 5.56 Å². The van der Waals surface area contributed by atoms with Crippen LogP contribution >= 0.6 is 0 Å². The molecule has 1 saturated carbocycles. The highest BCUT2D eigenvalue weighted by atomic mass is 19.1. The van der Waals surface area contributed by atoms with Crippen molar-refractivity contribution in [2.45, 2.75) is 45.6 Å². The molecule has 0 aliphatic heterocycles. The van der Waals surface area contributed by atoms with E-state index in [4.69, 9.17) is 0 Å². The predicted molar refractivity (Wildman–Crippen MR) is 109 cm³/mol. The summed E-state index contributed by atoms with van der Waals surface area (Å²) in [6.45, 7) is 4.09. The molecule has 1 aliphatic rings. The summed E-state index contributed by atoms with van der Waals surface area (Å²) in [7, 11) is 0. The van der Waals surface area contributed by atoms with Gasteiger partial charge in [-0.25, -0.2) is 8.91 Å². The highest BCUT2D eigenvalue weighted by Crippen LogP contribution is 2.33. The first-order valence-electron chi connectivity index (χ1n) is 10.1. The lowest BCUT2D eigenvalue weighted by molar-refractivity contribution is 0.253. The van der Waals surface area contributed by atoms with Gasteiger partial charge in [-0.1, -0.05) is 31.9 Å². The number of benzene rings is 1. The van der Waals surface area contributed by atoms with E-state index in [1.165, 1.54) is 18.6 Å². The molecular weight excluding hydrogens is 369 g/mol. The van der Waals surface area contributed by atoms with Crippen molar-refractivity contribution in [3.05, 3.63) is 58.4 Å². The Bertz CT molecular complexity index is 1270. The van der Waals surface area contributed by atoms with Crippen LogP contribution in [-0.2, 0) is 0 Å². The van der Waals surface area contributed by atoms with E-state index in [9.17, 15) is 9.18 Å². The number of fused-ring (bicyclic) bond motifs is 3. The lowest BCUT2D eigenvalue weighted by Gasteiger charge is -2.30. The lowest BCUT2D eigenvalue weighted by Crippen LogP contribution is -2.31. The summed E-state index contributed by atoms with van der Waals surface area (Å²) in [5.41, 5.74) is 3.77. The largest absolute Gasteiger partial charge is 0.310 e. The molecule has 1 aliphatic carbocycles. The van der Waals surface area contributed by atoms with E-state index < -0.39 is 0 Å². The van der Waals surface area contributed by atoms with Crippen LogP contribution in [-0.4, -0.2) is 24.4 Å². The van der Waals surface area contributed by atoms with Gasteiger partial charge in [-0.15, -0.1) is 10.2 Å². The number of pyridine rings is 1. The molecule has 4 aromatic rings. The second-order valence-electron chi connectivity index (χ2n) is 7.99. The Balaban J connectivity index is 1.70. The summed E-state index contributed by atoms with van der Waals surface area (Å²) >= 11 is 0. The standard InChI is InChI=1S/C22H22FN5O/c1-13-5-3-4-6-17(13)27-12-11-18-20(22(27)29)24-25-21-19(14(2)26-28(18)21)15-7-9-16(23)10-8-15/h7-13,17H,3-6H2,1-2H3. The van der Waals surface area contributed by atoms with E-state index >= 15 is 0 Å². The lowest BCUT2D eigenvalue weighted by atomic mass is 9.85. The summed E-state index contributed by atoms with van der Waals surface area (Å²) in [6, 6.07) is 8.34.